The highest BCUT2D eigenvalue weighted by molar-refractivity contribution is 6.08. The van der Waals surface area contributed by atoms with Gasteiger partial charge in [-0.15, -0.1) is 0 Å². The molecule has 0 aromatic heterocycles. The molecule has 1 rings (SSSR count). The normalized spacial score (nSPS) is 18.1. The lowest BCUT2D eigenvalue weighted by molar-refractivity contribution is -0.116. The largest absolute Gasteiger partial charge is 0.394 e. The lowest BCUT2D eigenvalue weighted by Gasteiger charge is -2.32. The van der Waals surface area contributed by atoms with E-state index in [1.54, 1.807) is 12.2 Å². The minimum absolute atomic E-state index is 0.0482. The van der Waals surface area contributed by atoms with E-state index in [1.165, 1.54) is 36.5 Å². The molecule has 0 atom stereocenters. The molecule has 0 aromatic carbocycles. The molecular formula is C29H42N2O2. The van der Waals surface area contributed by atoms with E-state index in [4.69, 9.17) is 5.11 Å². The fraction of sp³-hybridized carbons (Fsp3) is 0.448. The molecular weight excluding hydrogens is 408 g/mol. The van der Waals surface area contributed by atoms with E-state index >= 15 is 0 Å². The Labute approximate surface area is 201 Å². The summed E-state index contributed by atoms with van der Waals surface area (Å²) in [5.74, 6) is -0.158. The molecule has 0 bridgehead atoms. The Balaban J connectivity index is 2.94. The van der Waals surface area contributed by atoms with Gasteiger partial charge in [0.25, 0.3) is 0 Å². The van der Waals surface area contributed by atoms with E-state index in [9.17, 15) is 4.79 Å². The van der Waals surface area contributed by atoms with Crippen molar-refractivity contribution in [2.75, 3.05) is 19.7 Å². The Morgan fingerprint density at radius 2 is 2.00 bits per heavy atom. The van der Waals surface area contributed by atoms with Gasteiger partial charge in [0.15, 0.2) is 0 Å². The molecule has 0 heterocycles. The van der Waals surface area contributed by atoms with Crippen LogP contribution in [0.4, 0.5) is 0 Å². The van der Waals surface area contributed by atoms with Crippen LogP contribution in [0.3, 0.4) is 0 Å². The molecule has 0 fully saturated rings. The van der Waals surface area contributed by atoms with Crippen LogP contribution in [-0.2, 0) is 4.79 Å². The van der Waals surface area contributed by atoms with Crippen molar-refractivity contribution in [2.24, 2.45) is 10.4 Å². The molecule has 0 aromatic rings. The maximum atomic E-state index is 11.8. The average molecular weight is 451 g/mol. The highest BCUT2D eigenvalue weighted by Crippen LogP contribution is 2.40. The third-order valence-corrected chi connectivity index (χ3v) is 5.60. The monoisotopic (exact) mass is 450 g/mol. The van der Waals surface area contributed by atoms with E-state index in [-0.39, 0.29) is 24.5 Å². The van der Waals surface area contributed by atoms with E-state index < -0.39 is 0 Å². The zero-order valence-electron chi connectivity index (χ0n) is 21.2. The Bertz CT molecular complexity index is 877. The lowest BCUT2D eigenvalue weighted by atomic mass is 9.72. The number of hydrogen-bond donors (Lipinski definition) is 2. The number of carbonyl (C=O) groups is 1. The standard InChI is InChI=1S/C29H42N2O2/c1-7-19-31-28(33)17-15-26(30-20-21-32)22-25(8-2)13-9-11-23(3)14-16-27-24(4)12-10-18-29(27,5)6/h8-9,11,13-17,22,32H,2,7,10,12,18-21H2,1,3-6H3,(H,31,33)/b13-9+,16-14+,17-15+,23-11+,25-22+,30-26?. The van der Waals surface area contributed by atoms with Crippen LogP contribution in [0.15, 0.2) is 88.5 Å². The van der Waals surface area contributed by atoms with Gasteiger partial charge in [0.05, 0.1) is 18.9 Å². The number of allylic oxidation sites excluding steroid dienone is 12. The van der Waals surface area contributed by atoms with Crippen molar-refractivity contribution in [3.8, 4) is 0 Å². The molecule has 0 unspecified atom stereocenters. The lowest BCUT2D eigenvalue weighted by Crippen LogP contribution is -2.21. The van der Waals surface area contributed by atoms with Crippen molar-refractivity contribution in [1.29, 1.82) is 0 Å². The first-order chi connectivity index (χ1) is 15.7. The van der Waals surface area contributed by atoms with Crippen LogP contribution in [0, 0.1) is 5.41 Å². The van der Waals surface area contributed by atoms with Gasteiger partial charge in [-0.3, -0.25) is 9.79 Å². The van der Waals surface area contributed by atoms with Crippen LogP contribution >= 0.6 is 0 Å². The minimum atomic E-state index is -0.158. The smallest absolute Gasteiger partial charge is 0.244 e. The molecule has 0 saturated heterocycles. The summed E-state index contributed by atoms with van der Waals surface area (Å²) in [7, 11) is 0. The SMILES string of the molecule is C=CC(/C=C/C=C(C)/C=C/C1=C(C)CCCC1(C)C)=C\C(/C=C/C(=O)NCCC)=NCCO. The van der Waals surface area contributed by atoms with Crippen molar-refractivity contribution < 1.29 is 9.90 Å². The third kappa shape index (κ3) is 11.1. The van der Waals surface area contributed by atoms with Crippen molar-refractivity contribution >= 4 is 11.6 Å². The van der Waals surface area contributed by atoms with Gasteiger partial charge in [-0.2, -0.15) is 0 Å². The number of aliphatic hydroxyl groups is 1. The number of carbonyl (C=O) groups excluding carboxylic acids is 1. The molecule has 4 nitrogen and oxygen atoms in total. The molecule has 0 radical (unpaired) electrons. The van der Waals surface area contributed by atoms with Gasteiger partial charge < -0.3 is 10.4 Å². The number of nitrogens with one attached hydrogen (secondary N) is 1. The van der Waals surface area contributed by atoms with Gasteiger partial charge in [0.1, 0.15) is 0 Å². The highest BCUT2D eigenvalue weighted by Gasteiger charge is 2.26. The van der Waals surface area contributed by atoms with Gasteiger partial charge in [0.2, 0.25) is 5.91 Å². The molecule has 1 amide bonds. The third-order valence-electron chi connectivity index (χ3n) is 5.60. The average Bonchev–Trinajstić information content (AvgIpc) is 2.77. The second-order valence-electron chi connectivity index (χ2n) is 9.04. The summed E-state index contributed by atoms with van der Waals surface area (Å²) in [5.41, 5.74) is 5.82. The van der Waals surface area contributed by atoms with Gasteiger partial charge in [0, 0.05) is 12.6 Å². The van der Waals surface area contributed by atoms with Crippen LogP contribution in [0.25, 0.3) is 0 Å². The summed E-state index contributed by atoms with van der Waals surface area (Å²) in [6, 6.07) is 0. The molecule has 33 heavy (non-hydrogen) atoms. The molecule has 0 spiro atoms. The van der Waals surface area contributed by atoms with Gasteiger partial charge >= 0.3 is 0 Å². The number of nitrogens with zero attached hydrogens (tertiary/aromatic N) is 1. The van der Waals surface area contributed by atoms with Gasteiger partial charge in [-0.25, -0.2) is 0 Å². The van der Waals surface area contributed by atoms with Gasteiger partial charge in [-0.1, -0.05) is 75.0 Å². The second kappa shape index (κ2) is 15.2. The number of rotatable bonds is 12. The van der Waals surface area contributed by atoms with Crippen molar-refractivity contribution in [3.63, 3.8) is 0 Å². The van der Waals surface area contributed by atoms with Crippen LogP contribution in [0.1, 0.15) is 60.3 Å². The first-order valence-corrected chi connectivity index (χ1v) is 11.9. The number of hydrogen-bond acceptors (Lipinski definition) is 3. The Morgan fingerprint density at radius 3 is 2.64 bits per heavy atom. The summed E-state index contributed by atoms with van der Waals surface area (Å²) in [4.78, 5) is 16.2. The van der Waals surface area contributed by atoms with E-state index in [0.717, 1.165) is 17.6 Å². The van der Waals surface area contributed by atoms with Crippen molar-refractivity contribution in [1.82, 2.24) is 5.32 Å². The Morgan fingerprint density at radius 1 is 1.24 bits per heavy atom. The van der Waals surface area contributed by atoms with Crippen LogP contribution in [0.2, 0.25) is 0 Å². The van der Waals surface area contributed by atoms with E-state index in [0.29, 0.717) is 12.3 Å². The summed E-state index contributed by atoms with van der Waals surface area (Å²) in [6.45, 7) is 15.7. The Hall–Kier alpha value is -2.72. The fourth-order valence-electron chi connectivity index (χ4n) is 3.73. The number of aliphatic hydroxyl groups excluding tert-OH is 1. The zero-order chi connectivity index (χ0) is 24.7. The van der Waals surface area contributed by atoms with E-state index in [2.05, 4.69) is 62.8 Å². The summed E-state index contributed by atoms with van der Waals surface area (Å²) < 4.78 is 0. The Kier molecular flexibility index (Phi) is 13.0. The zero-order valence-corrected chi connectivity index (χ0v) is 21.2. The summed E-state index contributed by atoms with van der Waals surface area (Å²) in [5, 5.41) is 11.9. The van der Waals surface area contributed by atoms with Crippen LogP contribution in [-0.4, -0.2) is 36.4 Å². The number of amides is 1. The molecule has 180 valence electrons. The predicted octanol–water partition coefficient (Wildman–Crippen LogP) is 6.20. The first kappa shape index (κ1) is 28.3. The molecule has 4 heteroatoms. The van der Waals surface area contributed by atoms with Crippen molar-refractivity contribution in [3.05, 3.63) is 83.6 Å². The fourth-order valence-corrected chi connectivity index (χ4v) is 3.73. The molecule has 1 aliphatic carbocycles. The van der Waals surface area contributed by atoms with Crippen LogP contribution in [0.5, 0.6) is 0 Å². The molecule has 0 saturated carbocycles. The first-order valence-electron chi connectivity index (χ1n) is 11.9. The van der Waals surface area contributed by atoms with Gasteiger partial charge in [-0.05, 0) is 68.2 Å². The predicted molar refractivity (Wildman–Crippen MR) is 142 cm³/mol. The van der Waals surface area contributed by atoms with Crippen LogP contribution < -0.4 is 5.32 Å². The highest BCUT2D eigenvalue weighted by atomic mass is 16.3. The number of aliphatic imine (C=N–C) groups is 1. The summed E-state index contributed by atoms with van der Waals surface area (Å²) >= 11 is 0. The maximum absolute atomic E-state index is 11.8. The quantitative estimate of drug-likeness (QED) is 0.211. The molecule has 0 aliphatic heterocycles. The maximum Gasteiger partial charge on any atom is 0.244 e. The van der Waals surface area contributed by atoms with E-state index in [1.807, 2.05) is 25.2 Å². The van der Waals surface area contributed by atoms with Crippen molar-refractivity contribution in [2.45, 2.75) is 60.3 Å². The molecule has 2 N–H and O–H groups in total. The topological polar surface area (TPSA) is 61.7 Å². The molecule has 1 aliphatic rings. The minimum Gasteiger partial charge on any atom is -0.394 e. The second-order valence-corrected chi connectivity index (χ2v) is 9.04. The summed E-state index contributed by atoms with van der Waals surface area (Å²) in [6.07, 6.45) is 21.7.